The minimum atomic E-state index is -0.161. The summed E-state index contributed by atoms with van der Waals surface area (Å²) in [6.45, 7) is 9.50. The molecule has 34 heavy (non-hydrogen) atoms. The van der Waals surface area contributed by atoms with Crippen molar-refractivity contribution in [1.82, 2.24) is 20.2 Å². The second-order valence-electron chi connectivity index (χ2n) is 9.50. The van der Waals surface area contributed by atoms with Crippen LogP contribution in [0.5, 0.6) is 0 Å². The molecule has 4 rings (SSSR count). The molecule has 2 fully saturated rings. The van der Waals surface area contributed by atoms with Crippen LogP contribution in [0.25, 0.3) is 0 Å². The smallest absolute Gasteiger partial charge is 0.255 e. The van der Waals surface area contributed by atoms with Gasteiger partial charge in [-0.15, -0.1) is 0 Å². The number of aromatic nitrogens is 2. The van der Waals surface area contributed by atoms with Gasteiger partial charge in [-0.3, -0.25) is 19.5 Å². The highest BCUT2D eigenvalue weighted by molar-refractivity contribution is 5.76. The van der Waals surface area contributed by atoms with Crippen molar-refractivity contribution in [1.29, 1.82) is 0 Å². The molecular formula is C26H37N5O3. The molecule has 0 aliphatic carbocycles. The topological polar surface area (TPSA) is 90.6 Å². The number of H-pyrrole nitrogens is 1. The minimum absolute atomic E-state index is 0.0395. The van der Waals surface area contributed by atoms with Gasteiger partial charge in [0.05, 0.1) is 19.3 Å². The first-order valence-corrected chi connectivity index (χ1v) is 12.5. The fourth-order valence-corrected chi connectivity index (χ4v) is 4.83. The Morgan fingerprint density at radius 3 is 2.56 bits per heavy atom. The summed E-state index contributed by atoms with van der Waals surface area (Å²) in [6, 6.07) is 10.6. The average molecular weight is 468 g/mol. The fraction of sp³-hybridized carbons (Fsp3) is 0.577. The van der Waals surface area contributed by atoms with E-state index >= 15 is 0 Å². The Morgan fingerprint density at radius 1 is 1.18 bits per heavy atom. The van der Waals surface area contributed by atoms with Crippen molar-refractivity contribution in [3.8, 4) is 0 Å². The van der Waals surface area contributed by atoms with Gasteiger partial charge in [-0.05, 0) is 50.8 Å². The van der Waals surface area contributed by atoms with E-state index in [1.807, 2.05) is 17.9 Å². The van der Waals surface area contributed by atoms with Crippen molar-refractivity contribution in [2.75, 3.05) is 50.8 Å². The number of aryl methyl sites for hydroxylation is 1. The molecular weight excluding hydrogens is 430 g/mol. The number of aromatic amines is 1. The van der Waals surface area contributed by atoms with Crippen molar-refractivity contribution < 1.29 is 9.53 Å². The van der Waals surface area contributed by atoms with Crippen molar-refractivity contribution in [2.24, 2.45) is 5.92 Å². The maximum atomic E-state index is 12.7. The van der Waals surface area contributed by atoms with E-state index in [9.17, 15) is 9.59 Å². The quantitative estimate of drug-likeness (QED) is 0.620. The molecule has 3 heterocycles. The molecule has 2 aliphatic rings. The number of piperidine rings is 1. The lowest BCUT2D eigenvalue weighted by Gasteiger charge is -2.37. The minimum Gasteiger partial charge on any atom is -0.378 e. The number of morpholine rings is 1. The Morgan fingerprint density at radius 2 is 1.88 bits per heavy atom. The number of nitrogens with one attached hydrogen (secondary N) is 2. The zero-order valence-electron chi connectivity index (χ0n) is 20.4. The van der Waals surface area contributed by atoms with Crippen LogP contribution in [-0.2, 0) is 16.0 Å². The number of ether oxygens (including phenoxy) is 1. The summed E-state index contributed by atoms with van der Waals surface area (Å²) in [5.74, 6) is 1.30. The summed E-state index contributed by atoms with van der Waals surface area (Å²) in [5.41, 5.74) is 2.33. The van der Waals surface area contributed by atoms with Crippen LogP contribution in [0.15, 0.2) is 35.1 Å². The van der Waals surface area contributed by atoms with Crippen molar-refractivity contribution in [2.45, 2.75) is 45.6 Å². The number of rotatable bonds is 8. The van der Waals surface area contributed by atoms with Gasteiger partial charge in [0.15, 0.2) is 0 Å². The monoisotopic (exact) mass is 467 g/mol. The van der Waals surface area contributed by atoms with E-state index in [1.165, 1.54) is 18.4 Å². The first-order valence-electron chi connectivity index (χ1n) is 12.5. The molecule has 1 amide bonds. The Balaban J connectivity index is 1.35. The van der Waals surface area contributed by atoms with Gasteiger partial charge in [0.25, 0.3) is 5.56 Å². The number of carbonyl (C=O) groups is 1. The van der Waals surface area contributed by atoms with Crippen LogP contribution in [0.4, 0.5) is 5.95 Å². The third-order valence-corrected chi connectivity index (χ3v) is 7.06. The molecule has 0 radical (unpaired) electrons. The number of amides is 1. The van der Waals surface area contributed by atoms with Gasteiger partial charge >= 0.3 is 0 Å². The molecule has 2 aliphatic heterocycles. The summed E-state index contributed by atoms with van der Waals surface area (Å²) < 4.78 is 5.37. The Bertz CT molecular complexity index is 995. The highest BCUT2D eigenvalue weighted by atomic mass is 16.5. The van der Waals surface area contributed by atoms with Gasteiger partial charge in [0, 0.05) is 37.3 Å². The molecule has 0 bridgehead atoms. The van der Waals surface area contributed by atoms with Gasteiger partial charge in [0.2, 0.25) is 11.9 Å². The molecule has 1 unspecified atom stereocenters. The lowest BCUT2D eigenvalue weighted by Crippen LogP contribution is -2.42. The molecule has 8 nitrogen and oxygen atoms in total. The van der Waals surface area contributed by atoms with Gasteiger partial charge in [-0.1, -0.05) is 37.3 Å². The van der Waals surface area contributed by atoms with E-state index in [4.69, 9.17) is 4.74 Å². The van der Waals surface area contributed by atoms with Crippen LogP contribution in [0, 0.1) is 12.8 Å². The van der Waals surface area contributed by atoms with Gasteiger partial charge < -0.3 is 15.0 Å². The maximum Gasteiger partial charge on any atom is 0.255 e. The van der Waals surface area contributed by atoms with Gasteiger partial charge in [0.1, 0.15) is 0 Å². The lowest BCUT2D eigenvalue weighted by molar-refractivity contribution is -0.121. The Labute approximate surface area is 201 Å². The van der Waals surface area contributed by atoms with Crippen LogP contribution < -0.4 is 15.8 Å². The number of hydrogen-bond donors (Lipinski definition) is 2. The number of nitrogens with zero attached hydrogens (tertiary/aromatic N) is 3. The zero-order valence-corrected chi connectivity index (χ0v) is 20.4. The van der Waals surface area contributed by atoms with Crippen molar-refractivity contribution in [3.63, 3.8) is 0 Å². The highest BCUT2D eigenvalue weighted by Crippen LogP contribution is 2.26. The van der Waals surface area contributed by atoms with Crippen LogP contribution >= 0.6 is 0 Å². The Kier molecular flexibility index (Phi) is 8.34. The molecule has 0 saturated carbocycles. The molecule has 1 atom stereocenters. The molecule has 184 valence electrons. The number of carbonyl (C=O) groups excluding carboxylic acids is 1. The fourth-order valence-electron chi connectivity index (χ4n) is 4.83. The van der Waals surface area contributed by atoms with Crippen LogP contribution in [0.1, 0.15) is 49.0 Å². The summed E-state index contributed by atoms with van der Waals surface area (Å²) in [6.07, 6.45) is 3.02. The molecule has 2 aromatic rings. The SMILES string of the molecule is Cc1nc(N2CCOCC2)[nH]c(=O)c1CCC(=O)NCC(c1ccccc1)N1CCC(C)CC1. The normalized spacial score (nSPS) is 18.6. The molecule has 2 N–H and O–H groups in total. The van der Waals surface area contributed by atoms with Crippen LogP contribution in [0.2, 0.25) is 0 Å². The van der Waals surface area contributed by atoms with Crippen molar-refractivity contribution in [3.05, 3.63) is 57.5 Å². The maximum absolute atomic E-state index is 12.7. The first-order chi connectivity index (χ1) is 16.5. The van der Waals surface area contributed by atoms with E-state index in [-0.39, 0.29) is 23.9 Å². The van der Waals surface area contributed by atoms with E-state index < -0.39 is 0 Å². The summed E-state index contributed by atoms with van der Waals surface area (Å²) >= 11 is 0. The number of likely N-dealkylation sites (tertiary alicyclic amines) is 1. The van der Waals surface area contributed by atoms with Crippen LogP contribution in [0.3, 0.4) is 0 Å². The molecule has 8 heteroatoms. The number of anilines is 1. The van der Waals surface area contributed by atoms with Crippen molar-refractivity contribution >= 4 is 11.9 Å². The standard InChI is InChI=1S/C26H37N5O3/c1-19-10-12-30(13-11-19)23(21-6-4-3-5-7-21)18-27-24(32)9-8-22-20(2)28-26(29-25(22)33)31-14-16-34-17-15-31/h3-7,19,23H,8-18H2,1-2H3,(H,27,32)(H,28,29,33). The largest absolute Gasteiger partial charge is 0.378 e. The average Bonchev–Trinajstić information content (AvgIpc) is 2.86. The second-order valence-corrected chi connectivity index (χ2v) is 9.50. The summed E-state index contributed by atoms with van der Waals surface area (Å²) in [5, 5.41) is 3.13. The second kappa shape index (κ2) is 11.6. The lowest BCUT2D eigenvalue weighted by atomic mass is 9.95. The highest BCUT2D eigenvalue weighted by Gasteiger charge is 2.25. The third kappa shape index (κ3) is 6.24. The molecule has 0 spiro atoms. The van der Waals surface area contributed by atoms with E-state index in [1.54, 1.807) is 0 Å². The van der Waals surface area contributed by atoms with Gasteiger partial charge in [-0.2, -0.15) is 0 Å². The molecule has 1 aromatic heterocycles. The summed E-state index contributed by atoms with van der Waals surface area (Å²) in [4.78, 5) is 37.4. The van der Waals surface area contributed by atoms with E-state index in [0.717, 1.165) is 19.0 Å². The molecule has 2 saturated heterocycles. The number of hydrogen-bond acceptors (Lipinski definition) is 6. The van der Waals surface area contributed by atoms with Gasteiger partial charge in [-0.25, -0.2) is 4.98 Å². The zero-order chi connectivity index (χ0) is 23.9. The Hall–Kier alpha value is -2.71. The summed E-state index contributed by atoms with van der Waals surface area (Å²) in [7, 11) is 0. The predicted molar refractivity (Wildman–Crippen MR) is 133 cm³/mol. The van der Waals surface area contributed by atoms with E-state index in [0.29, 0.717) is 56.5 Å². The third-order valence-electron chi connectivity index (χ3n) is 7.06. The number of benzene rings is 1. The van der Waals surface area contributed by atoms with E-state index in [2.05, 4.69) is 51.4 Å². The molecule has 1 aromatic carbocycles. The first kappa shape index (κ1) is 24.4. The predicted octanol–water partition coefficient (Wildman–Crippen LogP) is 2.44. The van der Waals surface area contributed by atoms with Crippen LogP contribution in [-0.4, -0.2) is 66.7 Å².